The molecule has 8 heteroatoms. The van der Waals surface area contributed by atoms with Gasteiger partial charge in [-0.2, -0.15) is 0 Å². The molecule has 0 bridgehead atoms. The van der Waals surface area contributed by atoms with Crippen molar-refractivity contribution in [1.29, 1.82) is 0 Å². The molecular weight excluding hydrogens is 356 g/mol. The molecule has 1 aliphatic rings. The van der Waals surface area contributed by atoms with Gasteiger partial charge in [-0.3, -0.25) is 9.59 Å². The molecule has 1 aromatic heterocycles. The Morgan fingerprint density at radius 3 is 2.68 bits per heavy atom. The van der Waals surface area contributed by atoms with Gasteiger partial charge in [0.25, 0.3) is 0 Å². The Labute approximate surface area is 162 Å². The Morgan fingerprint density at radius 2 is 1.96 bits per heavy atom. The van der Waals surface area contributed by atoms with Crippen LogP contribution in [0.25, 0.3) is 11.4 Å². The van der Waals surface area contributed by atoms with Crippen LogP contribution in [0, 0.1) is 12.8 Å². The highest BCUT2D eigenvalue weighted by molar-refractivity contribution is 6.03. The van der Waals surface area contributed by atoms with Crippen LogP contribution < -0.4 is 10.2 Å². The maximum absolute atomic E-state index is 12.7. The van der Waals surface area contributed by atoms with Gasteiger partial charge in [0, 0.05) is 37.0 Å². The number of hydrogen-bond donors (Lipinski definition) is 1. The van der Waals surface area contributed by atoms with Gasteiger partial charge in [-0.25, -0.2) is 4.68 Å². The number of rotatable bonds is 4. The van der Waals surface area contributed by atoms with E-state index in [9.17, 15) is 9.59 Å². The van der Waals surface area contributed by atoms with E-state index < -0.39 is 5.92 Å². The Balaban J connectivity index is 1.47. The van der Waals surface area contributed by atoms with Crippen LogP contribution in [-0.2, 0) is 16.6 Å². The highest BCUT2D eigenvalue weighted by Gasteiger charge is 2.35. The van der Waals surface area contributed by atoms with Gasteiger partial charge in [0.2, 0.25) is 11.8 Å². The summed E-state index contributed by atoms with van der Waals surface area (Å²) in [6.45, 7) is 2.37. The van der Waals surface area contributed by atoms with E-state index in [1.807, 2.05) is 49.4 Å². The molecule has 142 valence electrons. The lowest BCUT2D eigenvalue weighted by molar-refractivity contribution is -0.122. The van der Waals surface area contributed by atoms with Gasteiger partial charge in [-0.05, 0) is 41.6 Å². The summed E-state index contributed by atoms with van der Waals surface area (Å²) in [6, 6.07) is 15.1. The van der Waals surface area contributed by atoms with Crippen LogP contribution in [0.2, 0.25) is 0 Å². The number of hydrogen-bond acceptors (Lipinski definition) is 5. The molecule has 0 radical (unpaired) electrons. The predicted molar refractivity (Wildman–Crippen MR) is 105 cm³/mol. The molecule has 1 saturated heterocycles. The van der Waals surface area contributed by atoms with Crippen molar-refractivity contribution < 1.29 is 9.59 Å². The molecule has 1 unspecified atom stereocenters. The molecule has 2 heterocycles. The number of aromatic nitrogens is 4. The first-order chi connectivity index (χ1) is 13.5. The zero-order valence-electron chi connectivity index (χ0n) is 15.7. The number of anilines is 2. The lowest BCUT2D eigenvalue weighted by atomic mass is 10.1. The number of carbonyl (C=O) groups excluding carboxylic acids is 2. The second-order valence-corrected chi connectivity index (χ2v) is 6.94. The van der Waals surface area contributed by atoms with Crippen molar-refractivity contribution in [2.24, 2.45) is 13.0 Å². The summed E-state index contributed by atoms with van der Waals surface area (Å²) in [5.41, 5.74) is 3.39. The van der Waals surface area contributed by atoms with Crippen molar-refractivity contribution in [1.82, 2.24) is 20.2 Å². The van der Waals surface area contributed by atoms with E-state index in [-0.39, 0.29) is 18.2 Å². The fraction of sp³-hybridized carbons (Fsp3) is 0.250. The van der Waals surface area contributed by atoms with Gasteiger partial charge < -0.3 is 10.2 Å². The molecule has 4 rings (SSSR count). The summed E-state index contributed by atoms with van der Waals surface area (Å²) in [4.78, 5) is 26.8. The van der Waals surface area contributed by atoms with Crippen LogP contribution in [0.15, 0.2) is 48.5 Å². The van der Waals surface area contributed by atoms with Crippen LogP contribution in [0.3, 0.4) is 0 Å². The Kier molecular flexibility index (Phi) is 4.60. The molecule has 0 spiro atoms. The maximum atomic E-state index is 12.7. The van der Waals surface area contributed by atoms with Gasteiger partial charge in [0.15, 0.2) is 5.82 Å². The summed E-state index contributed by atoms with van der Waals surface area (Å²) in [7, 11) is 1.75. The van der Waals surface area contributed by atoms with Crippen molar-refractivity contribution in [2.75, 3.05) is 16.8 Å². The topological polar surface area (TPSA) is 93.0 Å². The maximum Gasteiger partial charge on any atom is 0.229 e. The summed E-state index contributed by atoms with van der Waals surface area (Å²) < 4.78 is 1.57. The summed E-state index contributed by atoms with van der Waals surface area (Å²) in [5, 5.41) is 14.4. The highest BCUT2D eigenvalue weighted by Crippen LogP contribution is 2.27. The normalized spacial score (nSPS) is 16.4. The summed E-state index contributed by atoms with van der Waals surface area (Å²) >= 11 is 0. The first kappa shape index (κ1) is 17.8. The lowest BCUT2D eigenvalue weighted by Crippen LogP contribution is -2.28. The number of tetrazole rings is 1. The quantitative estimate of drug-likeness (QED) is 0.753. The third kappa shape index (κ3) is 3.48. The van der Waals surface area contributed by atoms with E-state index in [0.29, 0.717) is 18.1 Å². The molecule has 0 saturated carbocycles. The predicted octanol–water partition coefficient (Wildman–Crippen LogP) is 2.18. The fourth-order valence-corrected chi connectivity index (χ4v) is 3.31. The molecule has 28 heavy (non-hydrogen) atoms. The monoisotopic (exact) mass is 376 g/mol. The Bertz CT molecular complexity index is 1030. The third-order valence-electron chi connectivity index (χ3n) is 4.85. The zero-order valence-corrected chi connectivity index (χ0v) is 15.7. The second-order valence-electron chi connectivity index (χ2n) is 6.94. The number of nitrogens with one attached hydrogen (secondary N) is 1. The van der Waals surface area contributed by atoms with E-state index in [2.05, 4.69) is 20.8 Å². The third-order valence-corrected chi connectivity index (χ3v) is 4.85. The van der Waals surface area contributed by atoms with Crippen molar-refractivity contribution >= 4 is 23.2 Å². The molecule has 1 aliphatic heterocycles. The smallest absolute Gasteiger partial charge is 0.229 e. The number of benzene rings is 2. The minimum atomic E-state index is -0.394. The van der Waals surface area contributed by atoms with Gasteiger partial charge in [0.1, 0.15) is 0 Å². The van der Waals surface area contributed by atoms with E-state index in [0.717, 1.165) is 16.8 Å². The standard InChI is InChI=1S/C20H20N6O2/c1-13-6-8-17(9-7-13)26-12-15(11-18(26)27)20(28)21-16-5-3-4-14(10-16)19-22-23-24-25(19)2/h3-10,15H,11-12H2,1-2H3,(H,21,28). The molecule has 3 aromatic rings. The van der Waals surface area contributed by atoms with Crippen LogP contribution in [0.4, 0.5) is 11.4 Å². The average molecular weight is 376 g/mol. The Morgan fingerprint density at radius 1 is 1.18 bits per heavy atom. The molecule has 8 nitrogen and oxygen atoms in total. The number of nitrogens with zero attached hydrogens (tertiary/aromatic N) is 5. The Hall–Kier alpha value is -3.55. The van der Waals surface area contributed by atoms with E-state index in [1.54, 1.807) is 22.7 Å². The minimum Gasteiger partial charge on any atom is -0.326 e. The second kappa shape index (κ2) is 7.22. The largest absolute Gasteiger partial charge is 0.326 e. The highest BCUT2D eigenvalue weighted by atomic mass is 16.2. The van der Waals surface area contributed by atoms with Gasteiger partial charge in [-0.1, -0.05) is 29.8 Å². The lowest BCUT2D eigenvalue weighted by Gasteiger charge is -2.17. The molecule has 1 atom stereocenters. The van der Waals surface area contributed by atoms with Gasteiger partial charge in [-0.15, -0.1) is 5.10 Å². The van der Waals surface area contributed by atoms with Crippen molar-refractivity contribution in [3.8, 4) is 11.4 Å². The van der Waals surface area contributed by atoms with Gasteiger partial charge in [0.05, 0.1) is 5.92 Å². The minimum absolute atomic E-state index is 0.0390. The van der Waals surface area contributed by atoms with Crippen LogP contribution in [0.1, 0.15) is 12.0 Å². The van der Waals surface area contributed by atoms with Crippen molar-refractivity contribution in [3.63, 3.8) is 0 Å². The molecule has 1 fully saturated rings. The van der Waals surface area contributed by atoms with E-state index in [1.165, 1.54) is 0 Å². The summed E-state index contributed by atoms with van der Waals surface area (Å²) in [6.07, 6.45) is 0.201. The number of carbonyl (C=O) groups is 2. The molecule has 2 amide bonds. The zero-order chi connectivity index (χ0) is 19.7. The first-order valence-corrected chi connectivity index (χ1v) is 9.02. The van der Waals surface area contributed by atoms with Crippen molar-refractivity contribution in [3.05, 3.63) is 54.1 Å². The van der Waals surface area contributed by atoms with E-state index >= 15 is 0 Å². The molecule has 2 aromatic carbocycles. The van der Waals surface area contributed by atoms with Crippen molar-refractivity contribution in [2.45, 2.75) is 13.3 Å². The molecular formula is C20H20N6O2. The molecule has 1 N–H and O–H groups in total. The van der Waals surface area contributed by atoms with Crippen LogP contribution in [-0.4, -0.2) is 38.6 Å². The number of amides is 2. The summed E-state index contributed by atoms with van der Waals surface area (Å²) in [5.74, 6) is 0.00533. The molecule has 0 aliphatic carbocycles. The first-order valence-electron chi connectivity index (χ1n) is 9.02. The van der Waals surface area contributed by atoms with Crippen LogP contribution in [0.5, 0.6) is 0 Å². The average Bonchev–Trinajstić information content (AvgIpc) is 3.28. The SMILES string of the molecule is Cc1ccc(N2CC(C(=O)Nc3cccc(-c4nnnn4C)c3)CC2=O)cc1. The fourth-order valence-electron chi connectivity index (χ4n) is 3.31. The van der Waals surface area contributed by atoms with Gasteiger partial charge >= 0.3 is 0 Å². The van der Waals surface area contributed by atoms with Crippen LogP contribution >= 0.6 is 0 Å². The number of aryl methyl sites for hydroxylation is 2. The van der Waals surface area contributed by atoms with E-state index in [4.69, 9.17) is 0 Å².